The first-order valence-corrected chi connectivity index (χ1v) is 6.89. The third-order valence-corrected chi connectivity index (χ3v) is 3.31. The van der Waals surface area contributed by atoms with Crippen molar-refractivity contribution in [2.75, 3.05) is 0 Å². The van der Waals surface area contributed by atoms with E-state index in [0.29, 0.717) is 17.0 Å². The van der Waals surface area contributed by atoms with E-state index in [-0.39, 0.29) is 6.54 Å². The highest BCUT2D eigenvalue weighted by Crippen LogP contribution is 2.17. The van der Waals surface area contributed by atoms with Crippen molar-refractivity contribution in [2.45, 2.75) is 6.54 Å². The molecule has 3 N–H and O–H groups in total. The molecule has 0 spiro atoms. The molecule has 0 saturated heterocycles. The number of nitrogen functional groups attached to an aromatic ring is 1. The SMILES string of the molecule is NNC(=O)c1ccc(Cn2cc(-c3ccccc3)oc2=O)nc1. The van der Waals surface area contributed by atoms with Crippen molar-refractivity contribution in [3.63, 3.8) is 0 Å². The molecule has 23 heavy (non-hydrogen) atoms. The van der Waals surface area contributed by atoms with Crippen LogP contribution in [-0.2, 0) is 6.54 Å². The summed E-state index contributed by atoms with van der Waals surface area (Å²) in [6.07, 6.45) is 3.04. The fraction of sp³-hybridized carbons (Fsp3) is 0.0625. The van der Waals surface area contributed by atoms with Gasteiger partial charge in [-0.3, -0.25) is 19.8 Å². The van der Waals surface area contributed by atoms with Crippen LogP contribution in [0.3, 0.4) is 0 Å². The van der Waals surface area contributed by atoms with Crippen molar-refractivity contribution in [3.8, 4) is 11.3 Å². The van der Waals surface area contributed by atoms with Crippen LogP contribution < -0.4 is 17.0 Å². The number of carbonyl (C=O) groups excluding carboxylic acids is 1. The van der Waals surface area contributed by atoms with Crippen LogP contribution in [0.15, 0.2) is 64.1 Å². The molecule has 0 unspecified atom stereocenters. The number of nitrogens with two attached hydrogens (primary N) is 1. The molecule has 0 radical (unpaired) electrons. The lowest BCUT2D eigenvalue weighted by molar-refractivity contribution is 0.0953. The summed E-state index contributed by atoms with van der Waals surface area (Å²) in [5.74, 6) is 4.67. The van der Waals surface area contributed by atoms with Crippen molar-refractivity contribution < 1.29 is 9.21 Å². The normalized spacial score (nSPS) is 10.5. The summed E-state index contributed by atoms with van der Waals surface area (Å²) in [5.41, 5.74) is 3.83. The first-order chi connectivity index (χ1) is 11.2. The highest BCUT2D eigenvalue weighted by Gasteiger charge is 2.09. The molecule has 1 amide bonds. The quantitative estimate of drug-likeness (QED) is 0.427. The van der Waals surface area contributed by atoms with Crippen LogP contribution in [-0.4, -0.2) is 15.5 Å². The zero-order valence-electron chi connectivity index (χ0n) is 12.1. The largest absolute Gasteiger partial charge is 0.419 e. The van der Waals surface area contributed by atoms with Crippen LogP contribution in [0.25, 0.3) is 11.3 Å². The summed E-state index contributed by atoms with van der Waals surface area (Å²) in [4.78, 5) is 27.4. The Kier molecular flexibility index (Phi) is 4.03. The highest BCUT2D eigenvalue weighted by atomic mass is 16.4. The number of nitrogens with zero attached hydrogens (tertiary/aromatic N) is 2. The zero-order chi connectivity index (χ0) is 16.2. The Balaban J connectivity index is 1.82. The van der Waals surface area contributed by atoms with Gasteiger partial charge in [0.2, 0.25) is 0 Å². The van der Waals surface area contributed by atoms with E-state index in [4.69, 9.17) is 10.3 Å². The fourth-order valence-electron chi connectivity index (χ4n) is 2.13. The van der Waals surface area contributed by atoms with Gasteiger partial charge < -0.3 is 4.42 Å². The molecule has 0 aliphatic heterocycles. The Morgan fingerprint density at radius 3 is 2.65 bits per heavy atom. The fourth-order valence-corrected chi connectivity index (χ4v) is 2.13. The smallest absolute Gasteiger partial charge is 0.408 e. The standard InChI is InChI=1S/C16H14N4O3/c17-19-15(21)12-6-7-13(18-8-12)9-20-10-14(23-16(20)22)11-4-2-1-3-5-11/h1-8,10H,9,17H2,(H,19,21). The summed E-state index contributed by atoms with van der Waals surface area (Å²) in [6.45, 7) is 0.250. The number of aromatic nitrogens is 2. The lowest BCUT2D eigenvalue weighted by Crippen LogP contribution is -2.30. The van der Waals surface area contributed by atoms with Gasteiger partial charge in [0, 0.05) is 11.8 Å². The summed E-state index contributed by atoms with van der Waals surface area (Å²) in [5, 5.41) is 0. The molecule has 2 heterocycles. The molecule has 7 nitrogen and oxygen atoms in total. The second-order valence-electron chi connectivity index (χ2n) is 4.87. The predicted molar refractivity (Wildman–Crippen MR) is 83.4 cm³/mol. The average molecular weight is 310 g/mol. The Morgan fingerprint density at radius 2 is 2.00 bits per heavy atom. The van der Waals surface area contributed by atoms with Gasteiger partial charge in [-0.25, -0.2) is 10.6 Å². The molecule has 0 bridgehead atoms. The molecule has 2 aromatic heterocycles. The van der Waals surface area contributed by atoms with Gasteiger partial charge in [-0.15, -0.1) is 0 Å². The van der Waals surface area contributed by atoms with Crippen molar-refractivity contribution in [1.29, 1.82) is 0 Å². The van der Waals surface area contributed by atoms with Crippen molar-refractivity contribution >= 4 is 5.91 Å². The first kappa shape index (κ1) is 14.7. The Bertz CT molecular complexity index is 866. The number of amides is 1. The van der Waals surface area contributed by atoms with Crippen molar-refractivity contribution in [1.82, 2.24) is 15.0 Å². The number of hydrogen-bond acceptors (Lipinski definition) is 5. The maximum Gasteiger partial charge on any atom is 0.419 e. The van der Waals surface area contributed by atoms with Gasteiger partial charge in [-0.2, -0.15) is 0 Å². The van der Waals surface area contributed by atoms with E-state index in [9.17, 15) is 9.59 Å². The van der Waals surface area contributed by atoms with Crippen LogP contribution in [0.4, 0.5) is 0 Å². The summed E-state index contributed by atoms with van der Waals surface area (Å²) in [6, 6.07) is 12.6. The molecule has 0 atom stereocenters. The molecule has 0 aliphatic carbocycles. The van der Waals surface area contributed by atoms with Crippen molar-refractivity contribution in [3.05, 3.63) is 76.7 Å². The summed E-state index contributed by atoms with van der Waals surface area (Å²) < 4.78 is 6.68. The highest BCUT2D eigenvalue weighted by molar-refractivity contribution is 5.93. The van der Waals surface area contributed by atoms with Gasteiger partial charge in [-0.1, -0.05) is 30.3 Å². The summed E-state index contributed by atoms with van der Waals surface area (Å²) in [7, 11) is 0. The van der Waals surface area contributed by atoms with E-state index in [1.54, 1.807) is 18.3 Å². The van der Waals surface area contributed by atoms with E-state index in [1.165, 1.54) is 10.8 Å². The lowest BCUT2D eigenvalue weighted by Gasteiger charge is -2.02. The second kappa shape index (κ2) is 6.29. The number of oxazole rings is 1. The third-order valence-electron chi connectivity index (χ3n) is 3.31. The molecular weight excluding hydrogens is 296 g/mol. The van der Waals surface area contributed by atoms with E-state index < -0.39 is 11.7 Å². The van der Waals surface area contributed by atoms with Gasteiger partial charge in [0.1, 0.15) is 0 Å². The molecule has 3 rings (SSSR count). The third kappa shape index (κ3) is 3.19. The maximum absolute atomic E-state index is 11.9. The molecule has 1 aromatic carbocycles. The van der Waals surface area contributed by atoms with Crippen LogP contribution in [0, 0.1) is 0 Å². The minimum absolute atomic E-state index is 0.250. The number of nitrogens with one attached hydrogen (secondary N) is 1. The van der Waals surface area contributed by atoms with Crippen molar-refractivity contribution in [2.24, 2.45) is 5.84 Å². The van der Waals surface area contributed by atoms with Gasteiger partial charge in [0.25, 0.3) is 5.91 Å². The molecule has 0 aliphatic rings. The minimum Gasteiger partial charge on any atom is -0.408 e. The number of hydrazine groups is 1. The topological polar surface area (TPSA) is 103 Å². The van der Waals surface area contributed by atoms with E-state index in [1.807, 2.05) is 35.8 Å². The van der Waals surface area contributed by atoms with Gasteiger partial charge >= 0.3 is 5.76 Å². The molecular formula is C16H14N4O3. The Hall–Kier alpha value is -3.19. The summed E-state index contributed by atoms with van der Waals surface area (Å²) >= 11 is 0. The number of hydrogen-bond donors (Lipinski definition) is 2. The number of pyridine rings is 1. The molecule has 7 heteroatoms. The van der Waals surface area contributed by atoms with Gasteiger partial charge in [-0.05, 0) is 12.1 Å². The lowest BCUT2D eigenvalue weighted by atomic mass is 10.2. The molecule has 116 valence electrons. The monoisotopic (exact) mass is 310 g/mol. The predicted octanol–water partition coefficient (Wildman–Crippen LogP) is 1.16. The zero-order valence-corrected chi connectivity index (χ0v) is 12.1. The minimum atomic E-state index is -0.463. The van der Waals surface area contributed by atoms with Crippen LogP contribution in [0.5, 0.6) is 0 Å². The Labute approximate surface area is 131 Å². The van der Waals surface area contributed by atoms with E-state index in [2.05, 4.69) is 4.98 Å². The van der Waals surface area contributed by atoms with Crippen LogP contribution >= 0.6 is 0 Å². The van der Waals surface area contributed by atoms with E-state index >= 15 is 0 Å². The molecule has 0 saturated carbocycles. The molecule has 3 aromatic rings. The van der Waals surface area contributed by atoms with Crippen LogP contribution in [0.2, 0.25) is 0 Å². The first-order valence-electron chi connectivity index (χ1n) is 6.89. The molecule has 0 fully saturated rings. The number of rotatable bonds is 4. The van der Waals surface area contributed by atoms with E-state index in [0.717, 1.165) is 5.56 Å². The Morgan fingerprint density at radius 1 is 1.22 bits per heavy atom. The second-order valence-corrected chi connectivity index (χ2v) is 4.87. The average Bonchev–Trinajstić information content (AvgIpc) is 2.96. The maximum atomic E-state index is 11.9. The number of benzene rings is 1. The van der Waals surface area contributed by atoms with Gasteiger partial charge in [0.15, 0.2) is 5.76 Å². The number of carbonyl (C=O) groups is 1. The van der Waals surface area contributed by atoms with Crippen LogP contribution in [0.1, 0.15) is 16.1 Å². The van der Waals surface area contributed by atoms with Gasteiger partial charge in [0.05, 0.1) is 24.0 Å².